The van der Waals surface area contributed by atoms with Crippen LogP contribution in [0.3, 0.4) is 0 Å². The molecule has 0 aliphatic heterocycles. The van der Waals surface area contributed by atoms with E-state index in [0.717, 1.165) is 0 Å². The van der Waals surface area contributed by atoms with Gasteiger partial charge in [-0.3, -0.25) is 0 Å². The summed E-state index contributed by atoms with van der Waals surface area (Å²) in [5, 5.41) is 0. The SMILES string of the molecule is [AlH3].[Cr].[Ni].[O]=[Cr]. The first-order valence-corrected chi connectivity index (χ1v) is 0.687. The molecule has 0 bridgehead atoms. The van der Waals surface area contributed by atoms with Crippen molar-refractivity contribution in [1.29, 1.82) is 0 Å². The van der Waals surface area contributed by atoms with E-state index in [2.05, 4.69) is 0 Å². The van der Waals surface area contributed by atoms with Gasteiger partial charge in [-0.05, 0) is 0 Å². The van der Waals surface area contributed by atoms with Gasteiger partial charge in [0.25, 0.3) is 0 Å². The number of hydrogen-bond donors (Lipinski definition) is 0. The van der Waals surface area contributed by atoms with Crippen LogP contribution < -0.4 is 0 Å². The predicted octanol–water partition coefficient (Wildman–Crippen LogP) is -1.31. The normalized spacial score (nSPS) is 0.800. The fraction of sp³-hybridized carbons (Fsp3) is 0. The van der Waals surface area contributed by atoms with Crippen molar-refractivity contribution in [2.45, 2.75) is 0 Å². The third-order valence-corrected chi connectivity index (χ3v) is 0. The fourth-order valence-corrected chi connectivity index (χ4v) is 0. The van der Waals surface area contributed by atoms with Crippen LogP contribution in [0.15, 0.2) is 0 Å². The monoisotopic (exact) mass is 208 g/mol. The van der Waals surface area contributed by atoms with Crippen molar-refractivity contribution < 1.29 is 53.9 Å². The molecule has 0 atom stereocenters. The van der Waals surface area contributed by atoms with Gasteiger partial charge in [0.2, 0.25) is 0 Å². The van der Waals surface area contributed by atoms with Gasteiger partial charge in [-0.15, -0.1) is 0 Å². The first kappa shape index (κ1) is 28.6. The Morgan fingerprint density at radius 1 is 1.20 bits per heavy atom. The van der Waals surface area contributed by atoms with E-state index in [4.69, 9.17) is 3.80 Å². The van der Waals surface area contributed by atoms with Crippen LogP contribution in [0.25, 0.3) is 0 Å². The standard InChI is InChI=1S/Al.2Cr.Ni.O.3H. The topological polar surface area (TPSA) is 17.1 Å². The first-order valence-electron chi connectivity index (χ1n) is 0.167. The average Bonchev–Trinajstić information content (AvgIpc) is 1.00. The van der Waals surface area contributed by atoms with E-state index in [9.17, 15) is 0 Å². The summed E-state index contributed by atoms with van der Waals surface area (Å²) >= 11 is 1.38. The number of rotatable bonds is 0. The zero-order valence-electron chi connectivity index (χ0n) is 1.54. The van der Waals surface area contributed by atoms with Gasteiger partial charge in [0.1, 0.15) is 0 Å². The van der Waals surface area contributed by atoms with Crippen LogP contribution in [0.4, 0.5) is 0 Å². The second-order valence-electron chi connectivity index (χ2n) is 0. The molecule has 0 N–H and O–H groups in total. The van der Waals surface area contributed by atoms with Crippen molar-refractivity contribution >= 4 is 17.4 Å². The number of hydrogen-bond acceptors (Lipinski definition) is 1. The second-order valence-corrected chi connectivity index (χ2v) is 0. The summed E-state index contributed by atoms with van der Waals surface area (Å²) < 4.78 is 8.12. The predicted molar refractivity (Wildman–Crippen MR) is 10.6 cm³/mol. The molecule has 0 aliphatic carbocycles. The van der Waals surface area contributed by atoms with E-state index in [1.165, 1.54) is 16.2 Å². The Bertz CT molecular complexity index is 9.61. The molecule has 1 nitrogen and oxygen atoms in total. The summed E-state index contributed by atoms with van der Waals surface area (Å²) in [4.78, 5) is 0. The molecule has 0 spiro atoms. The summed E-state index contributed by atoms with van der Waals surface area (Å²) in [6.07, 6.45) is 0. The molecular formula is H3AlCr2NiO. The Morgan fingerprint density at radius 3 is 1.20 bits per heavy atom. The Balaban J connectivity index is -0.00000000167. The Labute approximate surface area is 70.7 Å². The van der Waals surface area contributed by atoms with E-state index in [0.29, 0.717) is 0 Å². The molecule has 0 fully saturated rings. The minimum absolute atomic E-state index is 0. The van der Waals surface area contributed by atoms with Crippen LogP contribution in [-0.2, 0) is 53.9 Å². The summed E-state index contributed by atoms with van der Waals surface area (Å²) in [7, 11) is 0. The summed E-state index contributed by atoms with van der Waals surface area (Å²) in [5.74, 6) is 0. The quantitative estimate of drug-likeness (QED) is 0.452. The average molecular weight is 209 g/mol. The molecule has 0 aromatic heterocycles. The van der Waals surface area contributed by atoms with Crippen LogP contribution in [0.5, 0.6) is 0 Å². The van der Waals surface area contributed by atoms with Gasteiger partial charge >= 0.3 is 20.0 Å². The third-order valence-electron chi connectivity index (χ3n) is 0. The van der Waals surface area contributed by atoms with E-state index >= 15 is 0 Å². The molecule has 34 valence electrons. The molecule has 0 unspecified atom stereocenters. The molecule has 0 aromatic rings. The summed E-state index contributed by atoms with van der Waals surface area (Å²) in [5.41, 5.74) is 0. The second kappa shape index (κ2) is 39.4. The van der Waals surface area contributed by atoms with Crippen LogP contribution in [-0.4, -0.2) is 17.4 Å². The maximum atomic E-state index is 8.12. The molecule has 0 aliphatic rings. The Hall–Kier alpha value is 1.89. The van der Waals surface area contributed by atoms with E-state index in [1.54, 1.807) is 0 Å². The summed E-state index contributed by atoms with van der Waals surface area (Å²) in [6.45, 7) is 0. The molecule has 0 heterocycles. The van der Waals surface area contributed by atoms with Gasteiger partial charge in [-0.25, -0.2) is 0 Å². The summed E-state index contributed by atoms with van der Waals surface area (Å²) in [6, 6.07) is 0. The van der Waals surface area contributed by atoms with Crippen LogP contribution in [0.2, 0.25) is 0 Å². The van der Waals surface area contributed by atoms with Crippen molar-refractivity contribution in [3.05, 3.63) is 0 Å². The Kier molecular flexibility index (Phi) is 226. The van der Waals surface area contributed by atoms with Gasteiger partial charge in [0, 0.05) is 33.9 Å². The van der Waals surface area contributed by atoms with Crippen LogP contribution >= 0.6 is 0 Å². The zero-order valence-corrected chi connectivity index (χ0v) is 5.08. The first-order chi connectivity index (χ1) is 1.00. The van der Waals surface area contributed by atoms with E-state index in [-0.39, 0.29) is 51.2 Å². The van der Waals surface area contributed by atoms with Gasteiger partial charge in [-0.1, -0.05) is 0 Å². The molecule has 0 amide bonds. The minimum atomic E-state index is 0. The third kappa shape index (κ3) is 24.9. The van der Waals surface area contributed by atoms with Gasteiger partial charge < -0.3 is 0 Å². The molecule has 0 radical (unpaired) electrons. The van der Waals surface area contributed by atoms with Gasteiger partial charge in [-0.2, -0.15) is 0 Å². The maximum absolute atomic E-state index is 8.12. The van der Waals surface area contributed by atoms with E-state index < -0.39 is 0 Å². The van der Waals surface area contributed by atoms with Crippen molar-refractivity contribution in [3.63, 3.8) is 0 Å². The Morgan fingerprint density at radius 2 is 1.20 bits per heavy atom. The molecule has 5 heavy (non-hydrogen) atoms. The molecule has 0 saturated carbocycles. The molecule has 0 aromatic carbocycles. The molecular weight excluding hydrogens is 206 g/mol. The van der Waals surface area contributed by atoms with Gasteiger partial charge in [0.05, 0.1) is 0 Å². The van der Waals surface area contributed by atoms with Crippen LogP contribution in [0.1, 0.15) is 0 Å². The molecule has 0 saturated heterocycles. The van der Waals surface area contributed by atoms with Crippen LogP contribution in [0, 0.1) is 0 Å². The molecule has 5 heteroatoms. The van der Waals surface area contributed by atoms with Crippen molar-refractivity contribution in [1.82, 2.24) is 0 Å². The van der Waals surface area contributed by atoms with E-state index in [1.807, 2.05) is 0 Å². The van der Waals surface area contributed by atoms with Crippen molar-refractivity contribution in [2.75, 3.05) is 0 Å². The van der Waals surface area contributed by atoms with Crippen molar-refractivity contribution in [3.8, 4) is 0 Å². The fourth-order valence-electron chi connectivity index (χ4n) is 0. The zero-order chi connectivity index (χ0) is 2.00. The van der Waals surface area contributed by atoms with Crippen molar-refractivity contribution in [2.24, 2.45) is 0 Å². The molecule has 0 rings (SSSR count). The van der Waals surface area contributed by atoms with Gasteiger partial charge in [0.15, 0.2) is 17.4 Å².